The largest absolute Gasteiger partial charge is 0.359 e. The van der Waals surface area contributed by atoms with Crippen molar-refractivity contribution < 1.29 is 4.79 Å². The van der Waals surface area contributed by atoms with Crippen LogP contribution in [0.25, 0.3) is 0 Å². The molecule has 0 aromatic carbocycles. The Morgan fingerprint density at radius 1 is 1.27 bits per heavy atom. The Balaban J connectivity index is 0. The maximum Gasteiger partial charge on any atom is 0.207 e. The van der Waals surface area contributed by atoms with E-state index in [0.29, 0.717) is 0 Å². The average molecular weight is 272 g/mol. The lowest BCUT2D eigenvalue weighted by Crippen LogP contribution is -2.21. The van der Waals surface area contributed by atoms with Gasteiger partial charge in [-0.1, -0.05) is 6.92 Å². The quantitative estimate of drug-likeness (QED) is 0.408. The molecule has 0 saturated carbocycles. The van der Waals surface area contributed by atoms with Gasteiger partial charge in [0.15, 0.2) is 0 Å². The summed E-state index contributed by atoms with van der Waals surface area (Å²) in [6.07, 6.45) is 2.92. The van der Waals surface area contributed by atoms with Crippen LogP contribution in [0.2, 0.25) is 0 Å². The molecule has 2 N–H and O–H groups in total. The van der Waals surface area contributed by atoms with Gasteiger partial charge >= 0.3 is 0 Å². The summed E-state index contributed by atoms with van der Waals surface area (Å²) in [5, 5.41) is 5.84. The van der Waals surface area contributed by atoms with Crippen LogP contribution in [0.4, 0.5) is 0 Å². The Morgan fingerprint density at radius 2 is 2.00 bits per heavy atom. The van der Waals surface area contributed by atoms with E-state index in [9.17, 15) is 4.79 Å². The van der Waals surface area contributed by atoms with E-state index in [2.05, 4.69) is 17.6 Å². The molecule has 0 saturated heterocycles. The fraction of sp³-hybridized carbons (Fsp3) is 0.857. The van der Waals surface area contributed by atoms with E-state index in [4.69, 9.17) is 0 Å². The van der Waals surface area contributed by atoms with Gasteiger partial charge in [0.2, 0.25) is 6.41 Å². The highest BCUT2D eigenvalue weighted by atomic mass is 127. The van der Waals surface area contributed by atoms with Crippen molar-refractivity contribution in [1.29, 1.82) is 0 Å². The van der Waals surface area contributed by atoms with E-state index in [1.165, 1.54) is 6.42 Å². The summed E-state index contributed by atoms with van der Waals surface area (Å²) in [5.74, 6) is 0. The number of carbonyl (C=O) groups is 1. The topological polar surface area (TPSA) is 41.1 Å². The number of hydrogen-bond donors (Lipinski definition) is 2. The minimum absolute atomic E-state index is 0. The molecule has 3 nitrogen and oxygen atoms in total. The highest BCUT2D eigenvalue weighted by Gasteiger charge is 1.84. The van der Waals surface area contributed by atoms with Gasteiger partial charge in [-0.25, -0.2) is 0 Å². The maximum atomic E-state index is 9.76. The molecule has 0 aliphatic rings. The Hall–Kier alpha value is 0.160. The predicted molar refractivity (Wildman–Crippen MR) is 57.3 cm³/mol. The van der Waals surface area contributed by atoms with Gasteiger partial charge in [0.1, 0.15) is 0 Å². The molecule has 1 amide bonds. The van der Waals surface area contributed by atoms with Gasteiger partial charge in [0, 0.05) is 6.54 Å². The normalized spacial score (nSPS) is 8.45. The Morgan fingerprint density at radius 3 is 2.55 bits per heavy atom. The van der Waals surface area contributed by atoms with E-state index in [-0.39, 0.29) is 24.0 Å². The highest BCUT2D eigenvalue weighted by molar-refractivity contribution is 14.0. The summed E-state index contributed by atoms with van der Waals surface area (Å²) in [6.45, 7) is 4.98. The van der Waals surface area contributed by atoms with Gasteiger partial charge < -0.3 is 10.6 Å². The number of rotatable bonds is 7. The second-order valence-electron chi connectivity index (χ2n) is 2.18. The number of hydrogen-bond acceptors (Lipinski definition) is 2. The van der Waals surface area contributed by atoms with Crippen molar-refractivity contribution in [3.63, 3.8) is 0 Å². The summed E-state index contributed by atoms with van der Waals surface area (Å²) in [4.78, 5) is 9.76. The lowest BCUT2D eigenvalue weighted by Gasteiger charge is -2.00. The third-order valence-electron chi connectivity index (χ3n) is 1.18. The third-order valence-corrected chi connectivity index (χ3v) is 1.18. The van der Waals surface area contributed by atoms with Crippen molar-refractivity contribution in [1.82, 2.24) is 10.6 Å². The zero-order valence-electron chi connectivity index (χ0n) is 6.93. The standard InChI is InChI=1S/C7H16N2O.HI/c1-2-4-8-5-3-6-9-7-10;/h7-8H,2-6H2,1H3,(H,9,10);1H. The van der Waals surface area contributed by atoms with Crippen molar-refractivity contribution in [3.8, 4) is 0 Å². The molecule has 0 atom stereocenters. The van der Waals surface area contributed by atoms with Crippen LogP contribution in [0.1, 0.15) is 19.8 Å². The molecule has 0 heterocycles. The van der Waals surface area contributed by atoms with Crippen molar-refractivity contribution in [2.45, 2.75) is 19.8 Å². The fourth-order valence-electron chi connectivity index (χ4n) is 0.676. The predicted octanol–water partition coefficient (Wildman–Crippen LogP) is 0.740. The maximum absolute atomic E-state index is 9.76. The number of nitrogens with one attached hydrogen (secondary N) is 2. The Labute approximate surface area is 85.3 Å². The van der Waals surface area contributed by atoms with Crippen LogP contribution in [-0.4, -0.2) is 26.0 Å². The molecular formula is C7H17IN2O. The van der Waals surface area contributed by atoms with Crippen molar-refractivity contribution in [2.75, 3.05) is 19.6 Å². The minimum Gasteiger partial charge on any atom is -0.359 e. The van der Waals surface area contributed by atoms with E-state index in [1.807, 2.05) is 0 Å². The molecule has 0 bridgehead atoms. The molecule has 0 aliphatic heterocycles. The van der Waals surface area contributed by atoms with Gasteiger partial charge in [-0.2, -0.15) is 0 Å². The molecule has 68 valence electrons. The molecule has 0 radical (unpaired) electrons. The van der Waals surface area contributed by atoms with Gasteiger partial charge in [0.05, 0.1) is 0 Å². The first-order valence-electron chi connectivity index (χ1n) is 3.79. The van der Waals surface area contributed by atoms with Gasteiger partial charge in [0.25, 0.3) is 0 Å². The zero-order valence-corrected chi connectivity index (χ0v) is 9.26. The zero-order chi connectivity index (χ0) is 7.66. The first kappa shape index (κ1) is 13.7. The molecule has 4 heteroatoms. The lowest BCUT2D eigenvalue weighted by atomic mass is 10.4. The monoisotopic (exact) mass is 272 g/mol. The number of halogens is 1. The van der Waals surface area contributed by atoms with E-state index >= 15 is 0 Å². The van der Waals surface area contributed by atoms with Crippen LogP contribution in [0.3, 0.4) is 0 Å². The van der Waals surface area contributed by atoms with Crippen molar-refractivity contribution in [3.05, 3.63) is 0 Å². The lowest BCUT2D eigenvalue weighted by molar-refractivity contribution is -0.109. The molecule has 0 aliphatic carbocycles. The van der Waals surface area contributed by atoms with E-state index in [0.717, 1.165) is 32.5 Å². The third kappa shape index (κ3) is 13.2. The summed E-state index contributed by atoms with van der Waals surface area (Å²) in [6, 6.07) is 0. The molecule has 0 spiro atoms. The van der Waals surface area contributed by atoms with Gasteiger partial charge in [-0.3, -0.25) is 4.79 Å². The summed E-state index contributed by atoms with van der Waals surface area (Å²) in [7, 11) is 0. The molecule has 11 heavy (non-hydrogen) atoms. The van der Waals surface area contributed by atoms with Crippen molar-refractivity contribution >= 4 is 30.4 Å². The van der Waals surface area contributed by atoms with Crippen LogP contribution < -0.4 is 10.6 Å². The molecule has 0 aromatic rings. The van der Waals surface area contributed by atoms with Crippen LogP contribution in [0.5, 0.6) is 0 Å². The fourth-order valence-corrected chi connectivity index (χ4v) is 0.676. The molecule has 0 fully saturated rings. The summed E-state index contributed by atoms with van der Waals surface area (Å²) < 4.78 is 0. The first-order chi connectivity index (χ1) is 4.91. The second kappa shape index (κ2) is 12.8. The summed E-state index contributed by atoms with van der Waals surface area (Å²) >= 11 is 0. The van der Waals surface area contributed by atoms with Crippen molar-refractivity contribution in [2.24, 2.45) is 0 Å². The number of amides is 1. The SMILES string of the molecule is CCCNCCCNC=O.I. The molecule has 0 unspecified atom stereocenters. The molecular weight excluding hydrogens is 255 g/mol. The average Bonchev–Trinajstić information content (AvgIpc) is 1.97. The highest BCUT2D eigenvalue weighted by Crippen LogP contribution is 1.73. The Kier molecular flexibility index (Phi) is 16.0. The first-order valence-corrected chi connectivity index (χ1v) is 3.79. The minimum atomic E-state index is 0. The van der Waals surface area contributed by atoms with Crippen LogP contribution in [0, 0.1) is 0 Å². The van der Waals surface area contributed by atoms with Crippen LogP contribution in [-0.2, 0) is 4.79 Å². The molecule has 0 aromatic heterocycles. The van der Waals surface area contributed by atoms with Gasteiger partial charge in [-0.15, -0.1) is 24.0 Å². The summed E-state index contributed by atoms with van der Waals surface area (Å²) in [5.41, 5.74) is 0. The smallest absolute Gasteiger partial charge is 0.207 e. The Bertz CT molecular complexity index is 80.8. The molecule has 0 rings (SSSR count). The van der Waals surface area contributed by atoms with E-state index in [1.54, 1.807) is 0 Å². The van der Waals surface area contributed by atoms with Gasteiger partial charge in [-0.05, 0) is 25.9 Å². The van der Waals surface area contributed by atoms with Crippen LogP contribution >= 0.6 is 24.0 Å². The van der Waals surface area contributed by atoms with Crippen LogP contribution in [0.15, 0.2) is 0 Å². The van der Waals surface area contributed by atoms with E-state index < -0.39 is 0 Å². The number of carbonyl (C=O) groups excluding carboxylic acids is 1. The second-order valence-corrected chi connectivity index (χ2v) is 2.18.